The Labute approximate surface area is 819 Å². The summed E-state index contributed by atoms with van der Waals surface area (Å²) in [5.74, 6) is 0. The Hall–Kier alpha value is -19.0. The van der Waals surface area contributed by atoms with Gasteiger partial charge in [0.2, 0.25) is 0 Å². The van der Waals surface area contributed by atoms with Crippen LogP contribution in [0.1, 0.15) is 11.1 Å². The monoisotopic (exact) mass is 1820 g/mol. The van der Waals surface area contributed by atoms with Crippen molar-refractivity contribution in [1.82, 2.24) is 43.1 Å². The largest absolute Gasteiger partial charge is 0.308 e. The summed E-state index contributed by atoms with van der Waals surface area (Å²) in [6, 6.07) is 158. The zero-order valence-electron chi connectivity index (χ0n) is 77.8. The van der Waals surface area contributed by atoms with Gasteiger partial charge in [0.15, 0.2) is 0 Å². The van der Waals surface area contributed by atoms with Crippen molar-refractivity contribution < 1.29 is 0 Å². The Balaban J connectivity index is 0.000000101. The first-order valence-corrected chi connectivity index (χ1v) is 49.0. The molecule has 0 N–H and O–H groups in total. The molecular formula is C134H81N9. The average molecular weight is 1820 g/mol. The lowest BCUT2D eigenvalue weighted by Gasteiger charge is -2.11. The van der Waals surface area contributed by atoms with Gasteiger partial charge in [-0.25, -0.2) is 15.0 Å². The fraction of sp³-hybridized carbons (Fsp3) is 0.0149. The van der Waals surface area contributed by atoms with Crippen molar-refractivity contribution in [2.24, 2.45) is 0 Å². The molecule has 0 amide bonds. The molecule has 0 aliphatic rings. The van der Waals surface area contributed by atoms with Crippen LogP contribution in [0.3, 0.4) is 0 Å². The second kappa shape index (κ2) is 31.3. The van der Waals surface area contributed by atoms with Gasteiger partial charge in [-0.2, -0.15) is 0 Å². The molecule has 0 saturated carbocycles. The fourth-order valence-corrected chi connectivity index (χ4v) is 23.8. The van der Waals surface area contributed by atoms with Crippen LogP contribution in [-0.4, -0.2) is 43.1 Å². The van der Waals surface area contributed by atoms with Crippen molar-refractivity contribution in [2.45, 2.75) is 13.8 Å². The molecule has 0 bridgehead atoms. The Morgan fingerprint density at radius 1 is 0.140 bits per heavy atom. The molecule has 9 aromatic heterocycles. The predicted molar refractivity (Wildman–Crippen MR) is 601 cm³/mol. The van der Waals surface area contributed by atoms with Crippen LogP contribution in [0.4, 0.5) is 0 Å². The third-order valence-corrected chi connectivity index (χ3v) is 30.3. The number of aromatic nitrogens is 9. The normalized spacial score (nSPS) is 12.1. The highest BCUT2D eigenvalue weighted by Gasteiger charge is 2.26. The molecule has 0 aliphatic heterocycles. The summed E-state index contributed by atoms with van der Waals surface area (Å²) in [6.07, 6.45) is 5.78. The first-order chi connectivity index (χ1) is 70.7. The van der Waals surface area contributed by atoms with Crippen molar-refractivity contribution in [3.8, 4) is 89.4 Å². The van der Waals surface area contributed by atoms with Crippen LogP contribution in [0.2, 0.25) is 0 Å². The smallest absolute Gasteiger partial charge is 0.0979 e. The second-order valence-electron chi connectivity index (χ2n) is 38.4. The van der Waals surface area contributed by atoms with Crippen LogP contribution in [0, 0.1) is 13.8 Å². The molecule has 23 aromatic carbocycles. The number of benzene rings is 23. The molecule has 0 radical (unpaired) electrons. The minimum absolute atomic E-state index is 0.866. The van der Waals surface area contributed by atoms with E-state index in [1.807, 2.05) is 18.6 Å². The van der Waals surface area contributed by atoms with Gasteiger partial charge in [-0.3, -0.25) is 15.0 Å². The Kier molecular flexibility index (Phi) is 17.5. The highest BCUT2D eigenvalue weighted by Crippen LogP contribution is 2.49. The Morgan fingerprint density at radius 3 is 0.748 bits per heavy atom. The molecule has 662 valence electrons. The first kappa shape index (κ1) is 80.2. The third kappa shape index (κ3) is 12.4. The summed E-state index contributed by atoms with van der Waals surface area (Å²) in [7, 11) is 0. The van der Waals surface area contributed by atoms with Crippen LogP contribution >= 0.6 is 0 Å². The van der Waals surface area contributed by atoms with Crippen molar-refractivity contribution >= 4 is 212 Å². The van der Waals surface area contributed by atoms with E-state index in [9.17, 15) is 0 Å². The predicted octanol–water partition coefficient (Wildman–Crippen LogP) is 35.2. The van der Waals surface area contributed by atoms with Crippen molar-refractivity contribution in [1.29, 1.82) is 0 Å². The molecule has 143 heavy (non-hydrogen) atoms. The number of aryl methyl sites for hydroxylation is 2. The van der Waals surface area contributed by atoms with E-state index in [1.165, 1.54) is 208 Å². The second-order valence-corrected chi connectivity index (χ2v) is 38.4. The molecule has 9 heterocycles. The molecule has 0 spiro atoms. The van der Waals surface area contributed by atoms with Gasteiger partial charge in [-0.15, -0.1) is 0 Å². The van der Waals surface area contributed by atoms with E-state index >= 15 is 0 Å². The van der Waals surface area contributed by atoms with E-state index in [2.05, 4.69) is 464 Å². The Bertz CT molecular complexity index is 10900. The SMILES string of the molecule is Cc1cc2c3ccccc3n3c4ccc(-c5cccc(-c6cnc7c8ccccc8c8ccccc8c7n6)c5)cc4c(c1)c23.Cc1ccc2c(c1)c1cccc3c4cc(-c5cccc(-c6cnc7c8ccccc8c8ccccc8c7n6)c5)ccc4n2c13.c1ccc(-c2ccc3c(c2)c2cc(-c4ccccc4)cc4c5cc(-c6cccc(-c7cnc8c9ccccc9c9ccccc9c8n7)c6)ccc5n3c24)cc1. The lowest BCUT2D eigenvalue weighted by Crippen LogP contribution is -1.92. The van der Waals surface area contributed by atoms with Gasteiger partial charge in [0.1, 0.15) is 0 Å². The zero-order valence-corrected chi connectivity index (χ0v) is 77.8. The van der Waals surface area contributed by atoms with Crippen molar-refractivity contribution in [3.05, 3.63) is 466 Å². The van der Waals surface area contributed by atoms with Crippen molar-refractivity contribution in [2.75, 3.05) is 0 Å². The highest BCUT2D eigenvalue weighted by atomic mass is 14.9. The lowest BCUT2D eigenvalue weighted by atomic mass is 9.96. The molecule has 32 aromatic rings. The van der Waals surface area contributed by atoms with Gasteiger partial charge in [0.05, 0.1) is 118 Å². The maximum Gasteiger partial charge on any atom is 0.0979 e. The summed E-state index contributed by atoms with van der Waals surface area (Å²) >= 11 is 0. The molecule has 0 aliphatic carbocycles. The quantitative estimate of drug-likeness (QED) is 0.141. The number of hydrogen-bond acceptors (Lipinski definition) is 6. The van der Waals surface area contributed by atoms with E-state index in [1.54, 1.807) is 0 Å². The maximum absolute atomic E-state index is 5.29. The minimum atomic E-state index is 0.866. The number of hydrogen-bond donors (Lipinski definition) is 0. The third-order valence-electron chi connectivity index (χ3n) is 30.3. The average Bonchev–Trinajstić information content (AvgIpc) is 1.54. The topological polar surface area (TPSA) is 90.6 Å². The van der Waals surface area contributed by atoms with Gasteiger partial charge >= 0.3 is 0 Å². The van der Waals surface area contributed by atoms with Crippen molar-refractivity contribution in [3.63, 3.8) is 0 Å². The number of rotatable bonds is 8. The minimum Gasteiger partial charge on any atom is -0.308 e. The molecule has 0 unspecified atom stereocenters. The lowest BCUT2D eigenvalue weighted by molar-refractivity contribution is 1.31. The van der Waals surface area contributed by atoms with Crippen LogP contribution in [0.15, 0.2) is 455 Å². The molecule has 9 heteroatoms. The summed E-state index contributed by atoms with van der Waals surface area (Å²) in [5, 5.41) is 29.5. The van der Waals surface area contributed by atoms with Crippen LogP contribution < -0.4 is 0 Å². The molecule has 9 nitrogen and oxygen atoms in total. The van der Waals surface area contributed by atoms with E-state index in [0.717, 1.165) is 105 Å². The van der Waals surface area contributed by atoms with Crippen LogP contribution in [0.5, 0.6) is 0 Å². The summed E-state index contributed by atoms with van der Waals surface area (Å²) in [5.41, 5.74) is 37.3. The van der Waals surface area contributed by atoms with Gasteiger partial charge < -0.3 is 13.2 Å². The standard InChI is InChI=1S/C52H31N3.2C41H25N3/c1-3-12-32(13-4-1)35-22-24-48-43(27-35)45-29-38(33-14-5-2-6-15-33)30-46-44-28-36(23-25-49(44)55(48)52(45)46)34-16-11-17-37(26-34)47-31-53-50-41-20-9-7-18-39(41)40-19-8-10-21-42(40)51(50)54-47;1-24-16-18-37-34(20-24)32-14-7-15-33-35-22-26(17-19-38(35)44(37)41(32)33)25-8-6-9-27(21-25)36-23-42-39-30-12-4-2-10-28(30)29-11-3-5-13-31(29)40(39)43-36;1-24-19-34-30-13-6-7-16-37(30)44-38-18-17-26(22-33(38)35(20-24)41(34)44)25-9-8-10-27(21-25)36-23-42-39-31-14-4-2-11-28(31)29-12-3-5-15-32(29)40(39)43-36/h1-31H;2*2-23H,1H3. The fourth-order valence-electron chi connectivity index (χ4n) is 23.8. The van der Waals surface area contributed by atoms with Gasteiger partial charge in [-0.1, -0.05) is 333 Å². The van der Waals surface area contributed by atoms with E-state index < -0.39 is 0 Å². The number of nitrogens with zero attached hydrogens (tertiary/aromatic N) is 9. The number of para-hydroxylation sites is 2. The van der Waals surface area contributed by atoms with Crippen LogP contribution in [-0.2, 0) is 0 Å². The summed E-state index contributed by atoms with van der Waals surface area (Å²) in [6.45, 7) is 4.37. The van der Waals surface area contributed by atoms with Crippen LogP contribution in [0.25, 0.3) is 301 Å². The highest BCUT2D eigenvalue weighted by molar-refractivity contribution is 6.30. The maximum atomic E-state index is 5.29. The summed E-state index contributed by atoms with van der Waals surface area (Å²) < 4.78 is 7.35. The Morgan fingerprint density at radius 2 is 0.371 bits per heavy atom. The van der Waals surface area contributed by atoms with Gasteiger partial charge in [0.25, 0.3) is 0 Å². The summed E-state index contributed by atoms with van der Waals surface area (Å²) in [4.78, 5) is 30.8. The first-order valence-electron chi connectivity index (χ1n) is 49.0. The molecule has 0 atom stereocenters. The van der Waals surface area contributed by atoms with E-state index in [-0.39, 0.29) is 0 Å². The molecule has 32 rings (SSSR count). The zero-order chi connectivity index (χ0) is 93.9. The molecular weight excluding hydrogens is 1740 g/mol. The van der Waals surface area contributed by atoms with Gasteiger partial charge in [-0.05, 0) is 217 Å². The molecule has 0 saturated heterocycles. The number of fused-ring (bicyclic) bond motifs is 36. The van der Waals surface area contributed by atoms with E-state index in [4.69, 9.17) is 29.9 Å². The van der Waals surface area contributed by atoms with Gasteiger partial charge in [0, 0.05) is 114 Å². The van der Waals surface area contributed by atoms with E-state index in [0.29, 0.717) is 0 Å². The molecule has 0 fully saturated rings.